The van der Waals surface area contributed by atoms with Gasteiger partial charge in [0.1, 0.15) is 0 Å². The summed E-state index contributed by atoms with van der Waals surface area (Å²) in [5, 5.41) is 4.30. The average Bonchev–Trinajstić information content (AvgIpc) is 3.27. The maximum Gasteiger partial charge on any atom is 0.254 e. The molecule has 22 heavy (non-hydrogen) atoms. The summed E-state index contributed by atoms with van der Waals surface area (Å²) in [6.45, 7) is 1.88. The van der Waals surface area contributed by atoms with Crippen LogP contribution in [0.4, 0.5) is 0 Å². The largest absolute Gasteiger partial charge is 0.337 e. The van der Waals surface area contributed by atoms with Crippen molar-refractivity contribution in [3.05, 3.63) is 41.6 Å². The minimum absolute atomic E-state index is 0.120. The highest BCUT2D eigenvalue weighted by Crippen LogP contribution is 2.40. The summed E-state index contributed by atoms with van der Waals surface area (Å²) in [7, 11) is 1.92. The molecule has 4 rings (SSSR count). The first-order valence-electron chi connectivity index (χ1n) is 8.11. The zero-order chi connectivity index (χ0) is 15.1. The number of carbonyl (C=O) groups is 1. The van der Waals surface area contributed by atoms with Gasteiger partial charge in [-0.2, -0.15) is 0 Å². The number of aromatic nitrogens is 1. The van der Waals surface area contributed by atoms with Gasteiger partial charge < -0.3 is 10.2 Å². The second-order valence-electron chi connectivity index (χ2n) is 6.45. The molecular formula is C18H21N3O. The van der Waals surface area contributed by atoms with Crippen LogP contribution in [0.5, 0.6) is 0 Å². The summed E-state index contributed by atoms with van der Waals surface area (Å²) in [6, 6.07) is 10.3. The van der Waals surface area contributed by atoms with Crippen LogP contribution in [0.2, 0.25) is 0 Å². The van der Waals surface area contributed by atoms with Crippen molar-refractivity contribution in [2.45, 2.75) is 31.2 Å². The molecule has 1 unspecified atom stereocenters. The number of likely N-dealkylation sites (N-methyl/N-ethyl adjacent to an activating group) is 1. The van der Waals surface area contributed by atoms with Crippen LogP contribution in [0, 0.1) is 0 Å². The SMILES string of the molecule is CN(C(=O)c1cc(C2CC2)nc2ccccc12)C1CCNC1. The third kappa shape index (κ3) is 2.37. The molecule has 4 nitrogen and oxygen atoms in total. The molecular weight excluding hydrogens is 274 g/mol. The zero-order valence-electron chi connectivity index (χ0n) is 12.9. The van der Waals surface area contributed by atoms with Crippen molar-refractivity contribution in [1.29, 1.82) is 0 Å². The number of hydrogen-bond donors (Lipinski definition) is 1. The Kier molecular flexibility index (Phi) is 3.34. The van der Waals surface area contributed by atoms with Crippen molar-refractivity contribution in [3.63, 3.8) is 0 Å². The molecule has 1 aliphatic heterocycles. The number of amides is 1. The molecule has 1 aromatic carbocycles. The molecule has 2 fully saturated rings. The highest BCUT2D eigenvalue weighted by atomic mass is 16.2. The van der Waals surface area contributed by atoms with Crippen molar-refractivity contribution in [3.8, 4) is 0 Å². The lowest BCUT2D eigenvalue weighted by Crippen LogP contribution is -2.38. The minimum Gasteiger partial charge on any atom is -0.337 e. The van der Waals surface area contributed by atoms with Crippen molar-refractivity contribution in [1.82, 2.24) is 15.2 Å². The molecule has 1 atom stereocenters. The zero-order valence-corrected chi connectivity index (χ0v) is 12.9. The van der Waals surface area contributed by atoms with Crippen LogP contribution in [-0.2, 0) is 0 Å². The number of pyridine rings is 1. The quantitative estimate of drug-likeness (QED) is 0.946. The van der Waals surface area contributed by atoms with Crippen LogP contribution in [0.15, 0.2) is 30.3 Å². The molecule has 2 heterocycles. The highest BCUT2D eigenvalue weighted by Gasteiger charge is 2.29. The van der Waals surface area contributed by atoms with Gasteiger partial charge in [-0.15, -0.1) is 0 Å². The van der Waals surface area contributed by atoms with E-state index in [0.717, 1.165) is 41.7 Å². The van der Waals surface area contributed by atoms with Crippen molar-refractivity contribution in [2.75, 3.05) is 20.1 Å². The molecule has 1 aromatic heterocycles. The van der Waals surface area contributed by atoms with Gasteiger partial charge in [0.25, 0.3) is 5.91 Å². The van der Waals surface area contributed by atoms with Gasteiger partial charge in [-0.25, -0.2) is 0 Å². The van der Waals surface area contributed by atoms with Crippen molar-refractivity contribution in [2.24, 2.45) is 0 Å². The van der Waals surface area contributed by atoms with E-state index in [1.165, 1.54) is 12.8 Å². The Balaban J connectivity index is 1.76. The van der Waals surface area contributed by atoms with Crippen LogP contribution in [0.25, 0.3) is 10.9 Å². The average molecular weight is 295 g/mol. The van der Waals surface area contributed by atoms with Crippen molar-refractivity contribution < 1.29 is 4.79 Å². The summed E-state index contributed by atoms with van der Waals surface area (Å²) >= 11 is 0. The molecule has 114 valence electrons. The molecule has 0 radical (unpaired) electrons. The lowest BCUT2D eigenvalue weighted by atomic mass is 10.0. The summed E-state index contributed by atoms with van der Waals surface area (Å²) in [5.74, 6) is 0.670. The molecule has 1 N–H and O–H groups in total. The van der Waals surface area contributed by atoms with Gasteiger partial charge in [-0.05, 0) is 37.9 Å². The predicted molar refractivity (Wildman–Crippen MR) is 87.1 cm³/mol. The van der Waals surface area contributed by atoms with Crippen LogP contribution < -0.4 is 5.32 Å². The molecule has 1 saturated carbocycles. The van der Waals surface area contributed by atoms with E-state index in [-0.39, 0.29) is 5.91 Å². The number of benzene rings is 1. The smallest absolute Gasteiger partial charge is 0.254 e. The third-order valence-corrected chi connectivity index (χ3v) is 4.86. The number of para-hydroxylation sites is 1. The standard InChI is InChI=1S/C18H21N3O/c1-21(13-8-9-19-11-13)18(22)15-10-17(12-6-7-12)20-16-5-3-2-4-14(15)16/h2-5,10,12-13,19H,6-9,11H2,1H3. The number of fused-ring (bicyclic) bond motifs is 1. The molecule has 2 aromatic rings. The fourth-order valence-electron chi connectivity index (χ4n) is 3.29. The number of hydrogen-bond acceptors (Lipinski definition) is 3. The van der Waals surface area contributed by atoms with E-state index < -0.39 is 0 Å². The normalized spacial score (nSPS) is 21.2. The summed E-state index contributed by atoms with van der Waals surface area (Å²) in [5.41, 5.74) is 2.83. The maximum absolute atomic E-state index is 13.0. The van der Waals surface area contributed by atoms with E-state index in [0.29, 0.717) is 12.0 Å². The number of carbonyl (C=O) groups excluding carboxylic acids is 1. The van der Waals surface area contributed by atoms with Gasteiger partial charge in [0.2, 0.25) is 0 Å². The minimum atomic E-state index is 0.120. The molecule has 1 amide bonds. The summed E-state index contributed by atoms with van der Waals surface area (Å²) < 4.78 is 0. The molecule has 0 spiro atoms. The Bertz CT molecular complexity index is 717. The number of nitrogens with zero attached hydrogens (tertiary/aromatic N) is 2. The van der Waals surface area contributed by atoms with Gasteiger partial charge in [0.05, 0.1) is 11.1 Å². The van der Waals surface area contributed by atoms with E-state index in [1.54, 1.807) is 0 Å². The Hall–Kier alpha value is -1.94. The highest BCUT2D eigenvalue weighted by molar-refractivity contribution is 6.06. The van der Waals surface area contributed by atoms with E-state index in [4.69, 9.17) is 4.98 Å². The second-order valence-corrected chi connectivity index (χ2v) is 6.45. The van der Waals surface area contributed by atoms with Crippen LogP contribution in [0.3, 0.4) is 0 Å². The lowest BCUT2D eigenvalue weighted by Gasteiger charge is -2.24. The Labute approximate surface area is 130 Å². The first kappa shape index (κ1) is 13.7. The Morgan fingerprint density at radius 2 is 2.09 bits per heavy atom. The number of nitrogens with one attached hydrogen (secondary N) is 1. The first-order chi connectivity index (χ1) is 10.7. The molecule has 1 aliphatic carbocycles. The van der Waals surface area contributed by atoms with E-state index in [1.807, 2.05) is 42.3 Å². The van der Waals surface area contributed by atoms with E-state index >= 15 is 0 Å². The predicted octanol–water partition coefficient (Wildman–Crippen LogP) is 2.55. The van der Waals surface area contributed by atoms with Gasteiger partial charge in [0.15, 0.2) is 0 Å². The second kappa shape index (κ2) is 5.36. The van der Waals surface area contributed by atoms with Crippen LogP contribution in [0.1, 0.15) is 41.2 Å². The molecule has 4 heteroatoms. The number of rotatable bonds is 3. The van der Waals surface area contributed by atoms with Crippen LogP contribution in [-0.4, -0.2) is 42.0 Å². The van der Waals surface area contributed by atoms with E-state index in [2.05, 4.69) is 5.32 Å². The molecule has 1 saturated heterocycles. The molecule has 0 bridgehead atoms. The Morgan fingerprint density at radius 3 is 2.82 bits per heavy atom. The molecule has 2 aliphatic rings. The van der Waals surface area contributed by atoms with Gasteiger partial charge in [0, 0.05) is 36.6 Å². The van der Waals surface area contributed by atoms with Gasteiger partial charge in [-0.1, -0.05) is 18.2 Å². The lowest BCUT2D eigenvalue weighted by molar-refractivity contribution is 0.0745. The third-order valence-electron chi connectivity index (χ3n) is 4.86. The van der Waals surface area contributed by atoms with Crippen molar-refractivity contribution >= 4 is 16.8 Å². The van der Waals surface area contributed by atoms with E-state index in [9.17, 15) is 4.79 Å². The summed E-state index contributed by atoms with van der Waals surface area (Å²) in [4.78, 5) is 19.7. The van der Waals surface area contributed by atoms with Crippen LogP contribution >= 0.6 is 0 Å². The fourth-order valence-corrected chi connectivity index (χ4v) is 3.29. The summed E-state index contributed by atoms with van der Waals surface area (Å²) in [6.07, 6.45) is 3.42. The first-order valence-corrected chi connectivity index (χ1v) is 8.11. The Morgan fingerprint density at radius 1 is 1.27 bits per heavy atom. The monoisotopic (exact) mass is 295 g/mol. The topological polar surface area (TPSA) is 45.2 Å². The van der Waals surface area contributed by atoms with Gasteiger partial charge >= 0.3 is 0 Å². The van der Waals surface area contributed by atoms with Gasteiger partial charge in [-0.3, -0.25) is 9.78 Å². The fraction of sp³-hybridized carbons (Fsp3) is 0.444. The maximum atomic E-state index is 13.0.